The van der Waals surface area contributed by atoms with Crippen LogP contribution in [0.3, 0.4) is 0 Å². The van der Waals surface area contributed by atoms with Crippen LogP contribution in [0.25, 0.3) is 54.8 Å². The van der Waals surface area contributed by atoms with Gasteiger partial charge < -0.3 is 14.1 Å². The Hall–Kier alpha value is -6.52. The first kappa shape index (κ1) is 40.7. The summed E-state index contributed by atoms with van der Waals surface area (Å²) in [6, 6.07) is 55.5. The normalized spacial score (nSPS) is 18.1. The van der Waals surface area contributed by atoms with Gasteiger partial charge in [0.15, 0.2) is 0 Å². The molecule has 0 N–H and O–H groups in total. The molecule has 2 aliphatic carbocycles. The molecule has 0 fully saturated rings. The molecule has 0 spiro atoms. The highest BCUT2D eigenvalue weighted by Gasteiger charge is 2.51. The quantitative estimate of drug-likeness (QED) is 0.165. The zero-order valence-electron chi connectivity index (χ0n) is 40.6. The summed E-state index contributed by atoms with van der Waals surface area (Å²) in [6.07, 6.45) is 4.62. The van der Waals surface area contributed by atoms with Crippen molar-refractivity contribution in [2.24, 2.45) is 0 Å². The molecule has 0 atom stereocenters. The number of furan rings is 1. The topological polar surface area (TPSA) is 19.6 Å². The Morgan fingerprint density at radius 1 is 0.463 bits per heavy atom. The predicted molar refractivity (Wildman–Crippen MR) is 286 cm³/mol. The monoisotopic (exact) mass is 870 g/mol. The number of rotatable bonds is 3. The van der Waals surface area contributed by atoms with Crippen molar-refractivity contribution >= 4 is 78.9 Å². The minimum Gasteiger partial charge on any atom is -0.466 e. The summed E-state index contributed by atoms with van der Waals surface area (Å²) in [6.45, 7) is 21.7. The first-order valence-corrected chi connectivity index (χ1v) is 24.7. The molecule has 67 heavy (non-hydrogen) atoms. The molecule has 9 aromatic rings. The van der Waals surface area contributed by atoms with Crippen LogP contribution in [0.5, 0.6) is 0 Å². The van der Waals surface area contributed by atoms with Crippen molar-refractivity contribution in [3.8, 4) is 22.3 Å². The summed E-state index contributed by atoms with van der Waals surface area (Å²) in [4.78, 5) is 5.30. The maximum atomic E-state index is 7.72. The average Bonchev–Trinajstić information content (AvgIpc) is 3.70. The molecule has 2 aliphatic heterocycles. The van der Waals surface area contributed by atoms with Crippen LogP contribution < -0.4 is 20.8 Å². The van der Waals surface area contributed by atoms with Crippen LogP contribution in [0.4, 0.5) is 28.4 Å². The van der Waals surface area contributed by atoms with Gasteiger partial charge in [-0.15, -0.1) is 0 Å². The lowest BCUT2D eigenvalue weighted by Gasteiger charge is -2.46. The van der Waals surface area contributed by atoms with Gasteiger partial charge in [-0.1, -0.05) is 152 Å². The number of hydrogen-bond acceptors (Lipinski definition) is 3. The first-order valence-electron chi connectivity index (χ1n) is 24.7. The van der Waals surface area contributed by atoms with E-state index in [2.05, 4.69) is 218 Å². The van der Waals surface area contributed by atoms with Gasteiger partial charge in [0.05, 0.1) is 11.4 Å². The highest BCUT2D eigenvalue weighted by atomic mass is 16.3. The van der Waals surface area contributed by atoms with Crippen molar-refractivity contribution in [2.45, 2.75) is 110 Å². The van der Waals surface area contributed by atoms with Crippen molar-refractivity contribution in [2.75, 3.05) is 9.71 Å². The summed E-state index contributed by atoms with van der Waals surface area (Å²) in [7, 11) is 0. The maximum absolute atomic E-state index is 7.72. The van der Waals surface area contributed by atoms with Crippen molar-refractivity contribution < 1.29 is 4.42 Å². The second-order valence-corrected chi connectivity index (χ2v) is 23.1. The summed E-state index contributed by atoms with van der Waals surface area (Å²) < 4.78 is 7.72. The third kappa shape index (κ3) is 5.84. The Bertz CT molecular complexity index is 3550. The fraction of sp³-hybridized carbons (Fsp3) is 0.270. The van der Waals surface area contributed by atoms with Crippen LogP contribution >= 0.6 is 0 Å². The average molecular weight is 871 g/mol. The Kier molecular flexibility index (Phi) is 8.38. The van der Waals surface area contributed by atoms with Crippen LogP contribution in [-0.2, 0) is 21.7 Å². The van der Waals surface area contributed by atoms with Gasteiger partial charge >= 0.3 is 6.85 Å². The summed E-state index contributed by atoms with van der Waals surface area (Å²) in [5.74, 6) is 0. The van der Waals surface area contributed by atoms with Gasteiger partial charge in [-0.05, 0) is 169 Å². The molecule has 330 valence electrons. The van der Waals surface area contributed by atoms with Crippen LogP contribution in [-0.4, -0.2) is 6.85 Å². The molecule has 1 aromatic heterocycles. The van der Waals surface area contributed by atoms with Gasteiger partial charge in [-0.2, -0.15) is 0 Å². The highest BCUT2D eigenvalue weighted by Crippen LogP contribution is 2.56. The van der Waals surface area contributed by atoms with E-state index in [9.17, 15) is 0 Å². The van der Waals surface area contributed by atoms with Crippen molar-refractivity contribution in [1.82, 2.24) is 0 Å². The Morgan fingerprint density at radius 3 is 1.67 bits per heavy atom. The van der Waals surface area contributed by atoms with E-state index in [4.69, 9.17) is 4.42 Å². The zero-order valence-corrected chi connectivity index (χ0v) is 40.6. The molecule has 3 nitrogen and oxygen atoms in total. The van der Waals surface area contributed by atoms with E-state index in [-0.39, 0.29) is 28.5 Å². The predicted octanol–water partition coefficient (Wildman–Crippen LogP) is 16.1. The lowest BCUT2D eigenvalue weighted by atomic mass is 9.45. The molecular formula is C63H59BN2O. The molecular weight excluding hydrogens is 812 g/mol. The summed E-state index contributed by atoms with van der Waals surface area (Å²) in [5, 5.41) is 6.16. The van der Waals surface area contributed by atoms with E-state index in [0.717, 1.165) is 36.2 Å². The van der Waals surface area contributed by atoms with Gasteiger partial charge in [0.2, 0.25) is 0 Å². The van der Waals surface area contributed by atoms with E-state index in [1.165, 1.54) is 112 Å². The van der Waals surface area contributed by atoms with E-state index in [0.29, 0.717) is 0 Å². The second-order valence-electron chi connectivity index (χ2n) is 23.1. The minimum atomic E-state index is -0.254. The number of benzene rings is 8. The van der Waals surface area contributed by atoms with E-state index in [1.54, 1.807) is 0 Å². The van der Waals surface area contributed by atoms with E-state index >= 15 is 0 Å². The van der Waals surface area contributed by atoms with Gasteiger partial charge in [-0.3, -0.25) is 0 Å². The van der Waals surface area contributed by atoms with Crippen LogP contribution in [0.2, 0.25) is 0 Å². The van der Waals surface area contributed by atoms with Crippen molar-refractivity contribution in [1.29, 1.82) is 0 Å². The Labute approximate surface area is 396 Å². The fourth-order valence-electron chi connectivity index (χ4n) is 12.9. The van der Waals surface area contributed by atoms with Crippen LogP contribution in [0, 0.1) is 6.92 Å². The Balaban J connectivity index is 1.19. The molecule has 0 saturated carbocycles. The smallest absolute Gasteiger partial charge is 0.375 e. The maximum Gasteiger partial charge on any atom is 0.375 e. The highest BCUT2D eigenvalue weighted by molar-refractivity contribution is 6.93. The largest absolute Gasteiger partial charge is 0.466 e. The van der Waals surface area contributed by atoms with E-state index < -0.39 is 0 Å². The number of nitrogens with zero attached hydrogens (tertiary/aromatic N) is 2. The van der Waals surface area contributed by atoms with Crippen molar-refractivity contribution in [3.63, 3.8) is 0 Å². The Morgan fingerprint density at radius 2 is 1.00 bits per heavy atom. The third-order valence-corrected chi connectivity index (χ3v) is 17.0. The number of aryl methyl sites for hydroxylation is 1. The lowest BCUT2D eigenvalue weighted by molar-refractivity contribution is 0.332. The summed E-state index contributed by atoms with van der Waals surface area (Å²) in [5.41, 5.74) is 21.5. The zero-order chi connectivity index (χ0) is 45.9. The van der Waals surface area contributed by atoms with Crippen LogP contribution in [0.15, 0.2) is 150 Å². The molecule has 4 heteroatoms. The van der Waals surface area contributed by atoms with Gasteiger partial charge in [-0.25, -0.2) is 0 Å². The molecule has 0 amide bonds. The molecule has 0 bridgehead atoms. The molecule has 0 saturated heterocycles. The van der Waals surface area contributed by atoms with Gasteiger partial charge in [0, 0.05) is 33.4 Å². The molecule has 0 radical (unpaired) electrons. The molecule has 4 aliphatic rings. The molecule has 8 aromatic carbocycles. The molecule has 0 unspecified atom stereocenters. The summed E-state index contributed by atoms with van der Waals surface area (Å²) >= 11 is 0. The SMILES string of the molecule is Cc1cc2c(cc1N1c3c4c(cc5ccccc35)-c3cc5ccccc5cc3N(c3ccc(-c5ccccc5)cc3)B4c3oc4cc5c(cc4c31)C(C)(C)CCC5(C)C)C(C)(C)CCC2(C)C. The third-order valence-electron chi connectivity index (χ3n) is 17.0. The fourth-order valence-corrected chi connectivity index (χ4v) is 12.9. The molecule has 13 rings (SSSR count). The van der Waals surface area contributed by atoms with Gasteiger partial charge in [0.1, 0.15) is 11.2 Å². The first-order chi connectivity index (χ1) is 32.1. The number of hydrogen-bond donors (Lipinski definition) is 0. The van der Waals surface area contributed by atoms with Crippen LogP contribution in [0.1, 0.15) is 109 Å². The van der Waals surface area contributed by atoms with Gasteiger partial charge in [0.25, 0.3) is 0 Å². The number of fused-ring (bicyclic) bond motifs is 11. The van der Waals surface area contributed by atoms with Crippen molar-refractivity contribution in [3.05, 3.63) is 173 Å². The second kappa shape index (κ2) is 13.8. The molecule has 3 heterocycles. The standard InChI is InChI=1S/C63H59BN2O/c1-38-31-49-51(62(6,7)29-27-60(49,2)3)36-53(38)65-57-45-22-16-15-21-43(45)33-47-46-32-41-19-13-14-20-42(41)34-54(46)66(44-25-23-40(24-26-44)39-17-11-10-12-18-39)64(56(47)57)59-58(65)48-35-50-52(37-55(48)67-59)63(8,9)30-28-61(50,4)5/h10-26,31-37H,27-30H2,1-9H3. The lowest BCUT2D eigenvalue weighted by Crippen LogP contribution is -2.61. The number of anilines is 5. The van der Waals surface area contributed by atoms with E-state index in [1.807, 2.05) is 0 Å². The minimum absolute atomic E-state index is 0.0230.